The molecule has 0 rings (SSSR count). The average Bonchev–Trinajstić information content (AvgIpc) is 2.83. The van der Waals surface area contributed by atoms with Crippen molar-refractivity contribution in [3.8, 4) is 0 Å². The van der Waals surface area contributed by atoms with Gasteiger partial charge in [-0.3, -0.25) is 33.6 Å². The lowest BCUT2D eigenvalue weighted by Crippen LogP contribution is -2.49. The summed E-state index contributed by atoms with van der Waals surface area (Å²) in [6.45, 7) is 8.30. The van der Waals surface area contributed by atoms with Crippen molar-refractivity contribution in [3.05, 3.63) is 0 Å². The van der Waals surface area contributed by atoms with Crippen LogP contribution in [0.1, 0.15) is 79.6 Å². The molecule has 0 heterocycles. The fourth-order valence-electron chi connectivity index (χ4n) is 4.11. The van der Waals surface area contributed by atoms with E-state index in [9.17, 15) is 38.7 Å². The lowest BCUT2D eigenvalue weighted by Gasteiger charge is -2.28. The minimum absolute atomic E-state index is 0.0963. The van der Waals surface area contributed by atoms with Crippen LogP contribution in [0.2, 0.25) is 0 Å². The molecule has 0 aromatic heterocycles. The Balaban J connectivity index is 5.89. The number of hydrogen-bond acceptors (Lipinski definition) is 8. The Labute approximate surface area is 229 Å². The summed E-state index contributed by atoms with van der Waals surface area (Å²) in [5.41, 5.74) is 15.8. The lowest BCUT2D eigenvalue weighted by molar-refractivity contribution is -0.135. The van der Waals surface area contributed by atoms with Crippen LogP contribution in [-0.4, -0.2) is 64.4 Å². The Bertz CT molecular complexity index is 907. The predicted octanol–water partition coefficient (Wildman–Crippen LogP) is -0.794. The van der Waals surface area contributed by atoms with E-state index in [0.29, 0.717) is 6.42 Å². The first kappa shape index (κ1) is 35.6. The van der Waals surface area contributed by atoms with Crippen LogP contribution in [-0.2, 0) is 33.6 Å². The molecule has 0 aliphatic heterocycles. The minimum Gasteiger partial charge on any atom is -0.383 e. The highest BCUT2D eigenvalue weighted by Crippen LogP contribution is 2.21. The Morgan fingerprint density at radius 1 is 0.795 bits per heavy atom. The molecule has 0 aromatic carbocycles. The molecular weight excluding hydrogens is 510 g/mol. The third kappa shape index (κ3) is 13.3. The zero-order valence-corrected chi connectivity index (χ0v) is 23.5. The van der Waals surface area contributed by atoms with E-state index >= 15 is 0 Å². The molecule has 0 spiro atoms. The number of amides is 5. The largest absolute Gasteiger partial charge is 0.383 e. The van der Waals surface area contributed by atoms with Gasteiger partial charge < -0.3 is 32.9 Å². The second kappa shape index (κ2) is 17.3. The molecule has 39 heavy (non-hydrogen) atoms. The number of nitrogens with one attached hydrogen (secondary N) is 2. The quantitative estimate of drug-likeness (QED) is 0.111. The summed E-state index contributed by atoms with van der Waals surface area (Å²) >= 11 is 0. The van der Waals surface area contributed by atoms with Gasteiger partial charge in [-0.2, -0.15) is 0 Å². The van der Waals surface area contributed by atoms with Crippen LogP contribution in [0.15, 0.2) is 0 Å². The normalized spacial score (nSPS) is 15.8. The maximum atomic E-state index is 13.3. The third-order valence-corrected chi connectivity index (χ3v) is 6.83. The summed E-state index contributed by atoms with van der Waals surface area (Å²) in [4.78, 5) is 85.7. The molecule has 0 aliphatic carbocycles. The van der Waals surface area contributed by atoms with Crippen molar-refractivity contribution in [3.63, 3.8) is 0 Å². The smallest absolute Gasteiger partial charge is 0.246 e. The summed E-state index contributed by atoms with van der Waals surface area (Å²) < 4.78 is 0. The van der Waals surface area contributed by atoms with E-state index in [-0.39, 0.29) is 49.7 Å². The van der Waals surface area contributed by atoms with E-state index in [2.05, 4.69) is 10.6 Å². The summed E-state index contributed by atoms with van der Waals surface area (Å²) in [5.74, 6) is -6.77. The first-order valence-electron chi connectivity index (χ1n) is 13.2. The second-order valence-electron chi connectivity index (χ2n) is 10.4. The first-order valence-corrected chi connectivity index (χ1v) is 13.2. The summed E-state index contributed by atoms with van der Waals surface area (Å²) in [6.07, 6.45) is -2.21. The van der Waals surface area contributed by atoms with Gasteiger partial charge in [0.15, 0.2) is 11.6 Å². The molecule has 0 aromatic rings. The monoisotopic (exact) mass is 555 g/mol. The molecule has 0 fully saturated rings. The van der Waals surface area contributed by atoms with Crippen molar-refractivity contribution in [2.24, 2.45) is 40.9 Å². The third-order valence-electron chi connectivity index (χ3n) is 6.83. The van der Waals surface area contributed by atoms with E-state index in [1.807, 2.05) is 6.92 Å². The van der Waals surface area contributed by atoms with Gasteiger partial charge in [0.1, 0.15) is 6.10 Å². The van der Waals surface area contributed by atoms with Gasteiger partial charge >= 0.3 is 0 Å². The molecule has 13 heteroatoms. The van der Waals surface area contributed by atoms with Gasteiger partial charge in [0.2, 0.25) is 29.5 Å². The number of carbonyl (C=O) groups is 7. The predicted molar refractivity (Wildman–Crippen MR) is 142 cm³/mol. The maximum absolute atomic E-state index is 13.3. The standard InChI is InChI=1S/C26H45N5O8/c1-6-14(4)23(21(35)12-17(13(2)3)24(28)37)31-26(39)16(7-10-22(27)36)11-20(34)18(30-15(5)32)8-9-19(33)25(29)38/h13-14,16-19,23,33H,6-12H2,1-5H3,(H2,27,36)(H2,28,37)(H2,29,38)(H,30,32)(H,31,39)/t14?,16-,17+,18+,19?,23+/m1/s1. The van der Waals surface area contributed by atoms with Crippen molar-refractivity contribution in [1.82, 2.24) is 10.6 Å². The molecule has 9 N–H and O–H groups in total. The summed E-state index contributed by atoms with van der Waals surface area (Å²) in [6, 6.07) is -2.10. The van der Waals surface area contributed by atoms with Crippen molar-refractivity contribution < 1.29 is 38.7 Å². The molecule has 13 nitrogen and oxygen atoms in total. The molecular formula is C26H45N5O8. The zero-order chi connectivity index (χ0) is 30.4. The van der Waals surface area contributed by atoms with Crippen LogP contribution < -0.4 is 27.8 Å². The molecule has 6 atom stereocenters. The van der Waals surface area contributed by atoms with Crippen LogP contribution in [0.3, 0.4) is 0 Å². The van der Waals surface area contributed by atoms with Gasteiger partial charge in [0, 0.05) is 38.0 Å². The number of rotatable bonds is 20. The number of aliphatic hydroxyl groups excluding tert-OH is 1. The van der Waals surface area contributed by atoms with Gasteiger partial charge in [-0.05, 0) is 31.1 Å². The van der Waals surface area contributed by atoms with Crippen LogP contribution in [0, 0.1) is 23.7 Å². The number of aliphatic hydroxyl groups is 1. The highest BCUT2D eigenvalue weighted by molar-refractivity contribution is 5.95. The van der Waals surface area contributed by atoms with Gasteiger partial charge in [-0.15, -0.1) is 0 Å². The summed E-state index contributed by atoms with van der Waals surface area (Å²) in [5, 5.41) is 14.8. The molecule has 0 bridgehead atoms. The number of hydrogen-bond donors (Lipinski definition) is 6. The van der Waals surface area contributed by atoms with Gasteiger partial charge in [-0.25, -0.2) is 0 Å². The fourth-order valence-corrected chi connectivity index (χ4v) is 4.11. The lowest BCUT2D eigenvalue weighted by atomic mass is 9.84. The number of ketones is 2. The SMILES string of the molecule is CCC(C)[C@H](NC(=O)[C@H](CCC(N)=O)CC(=O)[C@H](CCC(O)C(N)=O)NC(C)=O)C(=O)C[C@H](C(N)=O)C(C)C. The maximum Gasteiger partial charge on any atom is 0.246 e. The van der Waals surface area contributed by atoms with Crippen molar-refractivity contribution in [2.45, 2.75) is 97.8 Å². The van der Waals surface area contributed by atoms with Gasteiger partial charge in [-0.1, -0.05) is 34.1 Å². The van der Waals surface area contributed by atoms with Crippen molar-refractivity contribution in [1.29, 1.82) is 0 Å². The van der Waals surface area contributed by atoms with Gasteiger partial charge in [0.05, 0.1) is 12.1 Å². The first-order chi connectivity index (χ1) is 18.0. The van der Waals surface area contributed by atoms with Crippen LogP contribution in [0.5, 0.6) is 0 Å². The Morgan fingerprint density at radius 2 is 1.38 bits per heavy atom. The minimum atomic E-state index is -1.53. The topological polar surface area (TPSA) is 242 Å². The molecule has 5 amide bonds. The van der Waals surface area contributed by atoms with E-state index in [1.54, 1.807) is 20.8 Å². The van der Waals surface area contributed by atoms with E-state index in [0.717, 1.165) is 0 Å². The van der Waals surface area contributed by atoms with Crippen LogP contribution in [0.25, 0.3) is 0 Å². The summed E-state index contributed by atoms with van der Waals surface area (Å²) in [7, 11) is 0. The molecule has 0 saturated carbocycles. The average molecular weight is 556 g/mol. The highest BCUT2D eigenvalue weighted by Gasteiger charge is 2.34. The molecule has 0 saturated heterocycles. The Morgan fingerprint density at radius 3 is 1.82 bits per heavy atom. The Kier molecular flexibility index (Phi) is 15.8. The number of nitrogens with two attached hydrogens (primary N) is 3. The number of Topliss-reactive ketones (excluding diaryl/α,β-unsaturated/α-hetero) is 2. The number of carbonyl (C=O) groups excluding carboxylic acids is 7. The molecule has 0 radical (unpaired) electrons. The van der Waals surface area contributed by atoms with E-state index in [1.165, 1.54) is 6.92 Å². The fraction of sp³-hybridized carbons (Fsp3) is 0.731. The van der Waals surface area contributed by atoms with E-state index < -0.39 is 71.8 Å². The van der Waals surface area contributed by atoms with Crippen molar-refractivity contribution >= 4 is 41.1 Å². The van der Waals surface area contributed by atoms with Crippen LogP contribution >= 0.6 is 0 Å². The van der Waals surface area contributed by atoms with Crippen LogP contribution in [0.4, 0.5) is 0 Å². The number of primary amides is 3. The van der Waals surface area contributed by atoms with E-state index in [4.69, 9.17) is 17.2 Å². The zero-order valence-electron chi connectivity index (χ0n) is 23.5. The van der Waals surface area contributed by atoms with Crippen molar-refractivity contribution in [2.75, 3.05) is 0 Å². The molecule has 0 aliphatic rings. The highest BCUT2D eigenvalue weighted by atomic mass is 16.3. The second-order valence-corrected chi connectivity index (χ2v) is 10.4. The molecule has 2 unspecified atom stereocenters. The Hall–Kier alpha value is -3.35. The molecule has 222 valence electrons. The van der Waals surface area contributed by atoms with Gasteiger partial charge in [0.25, 0.3) is 0 Å².